The predicted molar refractivity (Wildman–Crippen MR) is 38.8 cm³/mol. The Morgan fingerprint density at radius 3 is 1.33 bits per heavy atom. The van der Waals surface area contributed by atoms with Crippen molar-refractivity contribution in [3.8, 4) is 0 Å². The number of aliphatic hydroxyl groups excluding tert-OH is 1. The van der Waals surface area contributed by atoms with Gasteiger partial charge in [0, 0.05) is 6.10 Å². The van der Waals surface area contributed by atoms with Crippen LogP contribution in [0.25, 0.3) is 0 Å². The Morgan fingerprint density at radius 2 is 1.33 bits per heavy atom. The number of aliphatic hydroxyl groups is 1. The molecule has 0 aliphatic carbocycles. The van der Waals surface area contributed by atoms with Crippen molar-refractivity contribution in [1.29, 1.82) is 0 Å². The summed E-state index contributed by atoms with van der Waals surface area (Å²) in [5, 5.41) is 8.06. The lowest BCUT2D eigenvalue weighted by molar-refractivity contribution is 0.216. The van der Waals surface area contributed by atoms with Crippen LogP contribution in [0.1, 0.15) is 13.8 Å². The van der Waals surface area contributed by atoms with E-state index in [-0.39, 0.29) is 6.10 Å². The average Bonchev–Trinajstić information content (AvgIpc) is 1.19. The third-order valence-corrected chi connectivity index (χ3v) is 0. The van der Waals surface area contributed by atoms with Gasteiger partial charge in [-0.1, -0.05) is 0 Å². The molecule has 1 N–H and O–H groups in total. The van der Waals surface area contributed by atoms with E-state index < -0.39 is 4.05 Å². The van der Waals surface area contributed by atoms with Gasteiger partial charge in [-0.15, -0.1) is 0 Å². The summed E-state index contributed by atoms with van der Waals surface area (Å²) in [5.74, 6) is 0. The molecule has 0 amide bonds. The molecule has 0 heterocycles. The molecular weight excluding hydrogens is 189 g/mol. The SMILES string of the molecule is CC(C)O.FC(Cl)(Cl)Cl. The van der Waals surface area contributed by atoms with E-state index in [0.29, 0.717) is 0 Å². The zero-order valence-corrected chi connectivity index (χ0v) is 7.30. The van der Waals surface area contributed by atoms with Crippen molar-refractivity contribution in [2.24, 2.45) is 0 Å². The summed E-state index contributed by atoms with van der Waals surface area (Å²) in [4.78, 5) is 0. The minimum atomic E-state index is -2.58. The highest BCUT2D eigenvalue weighted by Crippen LogP contribution is 2.26. The molecule has 0 aromatic heterocycles. The Kier molecular flexibility index (Phi) is 7.65. The summed E-state index contributed by atoms with van der Waals surface area (Å²) in [5.41, 5.74) is 0. The lowest BCUT2D eigenvalue weighted by atomic mass is 10.5. The smallest absolute Gasteiger partial charge is 0.333 e. The van der Waals surface area contributed by atoms with Crippen molar-refractivity contribution in [1.82, 2.24) is 0 Å². The van der Waals surface area contributed by atoms with E-state index in [0.717, 1.165) is 0 Å². The number of alkyl halides is 4. The molecule has 0 saturated heterocycles. The molecule has 0 fully saturated rings. The molecule has 0 unspecified atom stereocenters. The van der Waals surface area contributed by atoms with Crippen molar-refractivity contribution >= 4 is 34.8 Å². The molecule has 9 heavy (non-hydrogen) atoms. The normalized spacial score (nSPS) is 10.7. The van der Waals surface area contributed by atoms with E-state index in [4.69, 9.17) is 5.11 Å². The van der Waals surface area contributed by atoms with E-state index in [2.05, 4.69) is 34.8 Å². The first-order valence-electron chi connectivity index (χ1n) is 2.17. The van der Waals surface area contributed by atoms with Crippen molar-refractivity contribution in [2.45, 2.75) is 24.0 Å². The topological polar surface area (TPSA) is 20.2 Å². The van der Waals surface area contributed by atoms with Gasteiger partial charge in [-0.2, -0.15) is 4.39 Å². The molecule has 0 radical (unpaired) electrons. The molecule has 0 aromatic rings. The van der Waals surface area contributed by atoms with Gasteiger partial charge >= 0.3 is 4.05 Å². The van der Waals surface area contributed by atoms with E-state index >= 15 is 0 Å². The van der Waals surface area contributed by atoms with Crippen LogP contribution < -0.4 is 0 Å². The van der Waals surface area contributed by atoms with Gasteiger partial charge in [-0.25, -0.2) is 0 Å². The highest BCUT2D eigenvalue weighted by Gasteiger charge is 2.14. The van der Waals surface area contributed by atoms with E-state index in [9.17, 15) is 4.39 Å². The number of hydrogen-bond donors (Lipinski definition) is 1. The van der Waals surface area contributed by atoms with Gasteiger partial charge in [-0.3, -0.25) is 0 Å². The fraction of sp³-hybridized carbons (Fsp3) is 1.00. The maximum atomic E-state index is 11.0. The Bertz CT molecular complexity index is 52.6. The third kappa shape index (κ3) is 693. The van der Waals surface area contributed by atoms with Gasteiger partial charge in [0.1, 0.15) is 0 Å². The van der Waals surface area contributed by atoms with Crippen LogP contribution in [0.15, 0.2) is 0 Å². The monoisotopic (exact) mass is 196 g/mol. The maximum absolute atomic E-state index is 11.0. The van der Waals surface area contributed by atoms with E-state index in [1.54, 1.807) is 13.8 Å². The summed E-state index contributed by atoms with van der Waals surface area (Å²) in [6.07, 6.45) is -0.167. The fourth-order valence-corrected chi connectivity index (χ4v) is 0. The summed E-state index contributed by atoms with van der Waals surface area (Å²) >= 11 is 13.2. The zero-order valence-electron chi connectivity index (χ0n) is 5.04. The summed E-state index contributed by atoms with van der Waals surface area (Å²) in [7, 11) is 0. The Labute approximate surface area is 68.7 Å². The number of rotatable bonds is 0. The van der Waals surface area contributed by atoms with Crippen LogP contribution in [-0.4, -0.2) is 15.3 Å². The maximum Gasteiger partial charge on any atom is 0.333 e. The first-order chi connectivity index (χ1) is 3.73. The van der Waals surface area contributed by atoms with E-state index in [1.165, 1.54) is 0 Å². The first kappa shape index (κ1) is 12.4. The van der Waals surface area contributed by atoms with Gasteiger partial charge in [0.2, 0.25) is 0 Å². The summed E-state index contributed by atoms with van der Waals surface area (Å²) < 4.78 is 8.40. The highest BCUT2D eigenvalue weighted by molar-refractivity contribution is 6.66. The lowest BCUT2D eigenvalue weighted by Crippen LogP contribution is -1.85. The van der Waals surface area contributed by atoms with E-state index in [1.807, 2.05) is 0 Å². The molecule has 1 nitrogen and oxygen atoms in total. The minimum Gasteiger partial charge on any atom is -0.394 e. The van der Waals surface area contributed by atoms with Crippen LogP contribution >= 0.6 is 34.8 Å². The van der Waals surface area contributed by atoms with Crippen LogP contribution in [0.2, 0.25) is 0 Å². The molecule has 0 atom stereocenters. The van der Waals surface area contributed by atoms with Gasteiger partial charge in [0.25, 0.3) is 0 Å². The van der Waals surface area contributed by atoms with Crippen LogP contribution in [0.4, 0.5) is 4.39 Å². The standard InChI is InChI=1S/C3H8O.CCl3F/c1-3(2)4;2-1(3,4)5/h3-4H,1-2H3;. The van der Waals surface area contributed by atoms with Crippen LogP contribution in [-0.2, 0) is 0 Å². The number of hydrogen-bond acceptors (Lipinski definition) is 1. The molecule has 58 valence electrons. The predicted octanol–water partition coefficient (Wildman–Crippen LogP) is 2.67. The van der Waals surface area contributed by atoms with Crippen LogP contribution in [0.3, 0.4) is 0 Å². The second kappa shape index (κ2) is 5.54. The first-order valence-corrected chi connectivity index (χ1v) is 3.30. The van der Waals surface area contributed by atoms with Crippen molar-refractivity contribution in [3.63, 3.8) is 0 Å². The largest absolute Gasteiger partial charge is 0.394 e. The van der Waals surface area contributed by atoms with Crippen molar-refractivity contribution in [2.75, 3.05) is 0 Å². The second-order valence-corrected chi connectivity index (χ2v) is 3.67. The molecule has 0 spiro atoms. The van der Waals surface area contributed by atoms with Gasteiger partial charge < -0.3 is 5.11 Å². The van der Waals surface area contributed by atoms with Gasteiger partial charge in [0.15, 0.2) is 0 Å². The number of halogens is 4. The average molecular weight is 197 g/mol. The Balaban J connectivity index is 0. The molecule has 0 saturated carbocycles. The summed E-state index contributed by atoms with van der Waals surface area (Å²) in [6.45, 7) is 3.44. The lowest BCUT2D eigenvalue weighted by Gasteiger charge is -1.89. The molecule has 0 aliphatic rings. The zero-order chi connectivity index (χ0) is 8.08. The third-order valence-electron chi connectivity index (χ3n) is 0. The molecule has 0 bridgehead atoms. The Hall–Kier alpha value is 0.760. The molecule has 0 aromatic carbocycles. The van der Waals surface area contributed by atoms with Gasteiger partial charge in [-0.05, 0) is 48.7 Å². The van der Waals surface area contributed by atoms with Crippen molar-refractivity contribution in [3.05, 3.63) is 0 Å². The molecular formula is C4H8Cl3FO. The minimum absolute atomic E-state index is 0.167. The fourth-order valence-electron chi connectivity index (χ4n) is 0. The van der Waals surface area contributed by atoms with Crippen molar-refractivity contribution < 1.29 is 9.50 Å². The second-order valence-electron chi connectivity index (χ2n) is 1.52. The molecule has 0 aliphatic heterocycles. The highest BCUT2D eigenvalue weighted by atomic mass is 35.6. The quantitative estimate of drug-likeness (QED) is 0.592. The van der Waals surface area contributed by atoms with Crippen LogP contribution in [0, 0.1) is 0 Å². The molecule has 5 heteroatoms. The van der Waals surface area contributed by atoms with Gasteiger partial charge in [0.05, 0.1) is 0 Å². The Morgan fingerprint density at radius 1 is 1.33 bits per heavy atom. The van der Waals surface area contributed by atoms with Crippen LogP contribution in [0.5, 0.6) is 0 Å². The molecule has 0 rings (SSSR count). The summed E-state index contributed by atoms with van der Waals surface area (Å²) in [6, 6.07) is 0.